The van der Waals surface area contributed by atoms with Gasteiger partial charge in [0.1, 0.15) is 23.9 Å². The quantitative estimate of drug-likeness (QED) is 0.442. The SMILES string of the molecule is CN(Cc1ccc(F)cc1)C(=O)c1ccc(COc2ccc3ccccc3c2)o1. The Balaban J connectivity index is 1.37. The molecule has 0 radical (unpaired) electrons. The third kappa shape index (κ3) is 4.46. The highest BCUT2D eigenvalue weighted by molar-refractivity contribution is 5.91. The Bertz CT molecular complexity index is 1130. The summed E-state index contributed by atoms with van der Waals surface area (Å²) in [7, 11) is 1.68. The molecule has 1 aromatic heterocycles. The molecule has 0 bridgehead atoms. The number of fused-ring (bicyclic) bond motifs is 1. The molecule has 0 N–H and O–H groups in total. The van der Waals surface area contributed by atoms with Gasteiger partial charge in [-0.1, -0.05) is 42.5 Å². The highest BCUT2D eigenvalue weighted by atomic mass is 19.1. The third-order valence-electron chi connectivity index (χ3n) is 4.65. The maximum absolute atomic E-state index is 13.0. The number of benzene rings is 3. The lowest BCUT2D eigenvalue weighted by Gasteiger charge is -2.15. The summed E-state index contributed by atoms with van der Waals surface area (Å²) >= 11 is 0. The molecule has 0 saturated carbocycles. The van der Waals surface area contributed by atoms with Crippen LogP contribution in [0, 0.1) is 5.82 Å². The second kappa shape index (κ2) is 8.19. The molecule has 0 aliphatic rings. The molecular formula is C24H20FNO3. The molecule has 0 spiro atoms. The molecule has 1 heterocycles. The zero-order valence-corrected chi connectivity index (χ0v) is 16.0. The van der Waals surface area contributed by atoms with Crippen molar-refractivity contribution in [3.63, 3.8) is 0 Å². The van der Waals surface area contributed by atoms with Crippen LogP contribution in [0.1, 0.15) is 21.9 Å². The van der Waals surface area contributed by atoms with Gasteiger partial charge >= 0.3 is 0 Å². The lowest BCUT2D eigenvalue weighted by Crippen LogP contribution is -2.25. The molecule has 0 fully saturated rings. The summed E-state index contributed by atoms with van der Waals surface area (Å²) in [5, 5.41) is 2.25. The van der Waals surface area contributed by atoms with E-state index in [0.717, 1.165) is 22.1 Å². The minimum atomic E-state index is -0.301. The average molecular weight is 389 g/mol. The van der Waals surface area contributed by atoms with Crippen LogP contribution in [0.3, 0.4) is 0 Å². The Morgan fingerprint density at radius 3 is 2.52 bits per heavy atom. The molecule has 4 rings (SSSR count). The van der Waals surface area contributed by atoms with Crippen LogP contribution in [-0.4, -0.2) is 17.9 Å². The number of furan rings is 1. The predicted molar refractivity (Wildman–Crippen MR) is 109 cm³/mol. The van der Waals surface area contributed by atoms with Crippen molar-refractivity contribution in [3.05, 3.63) is 102 Å². The molecule has 4 nitrogen and oxygen atoms in total. The van der Waals surface area contributed by atoms with Gasteiger partial charge in [-0.3, -0.25) is 4.79 Å². The lowest BCUT2D eigenvalue weighted by molar-refractivity contribution is 0.0749. The van der Waals surface area contributed by atoms with E-state index in [1.807, 2.05) is 42.5 Å². The van der Waals surface area contributed by atoms with E-state index in [0.29, 0.717) is 12.3 Å². The van der Waals surface area contributed by atoms with E-state index < -0.39 is 0 Å². The second-order valence-electron chi connectivity index (χ2n) is 6.85. The summed E-state index contributed by atoms with van der Waals surface area (Å²) in [6.07, 6.45) is 0. The Morgan fingerprint density at radius 2 is 1.72 bits per heavy atom. The van der Waals surface area contributed by atoms with Crippen LogP contribution in [-0.2, 0) is 13.2 Å². The fourth-order valence-corrected chi connectivity index (χ4v) is 3.11. The first kappa shape index (κ1) is 18.7. The Kier molecular flexibility index (Phi) is 5.29. The monoisotopic (exact) mass is 389 g/mol. The first-order valence-corrected chi connectivity index (χ1v) is 9.29. The first-order chi connectivity index (χ1) is 14.1. The van der Waals surface area contributed by atoms with Gasteiger partial charge in [0, 0.05) is 13.6 Å². The van der Waals surface area contributed by atoms with Gasteiger partial charge in [-0.2, -0.15) is 0 Å². The number of halogens is 1. The highest BCUT2D eigenvalue weighted by Crippen LogP contribution is 2.22. The molecule has 0 aliphatic heterocycles. The van der Waals surface area contributed by atoms with E-state index >= 15 is 0 Å². The number of hydrogen-bond donors (Lipinski definition) is 0. The normalized spacial score (nSPS) is 10.8. The first-order valence-electron chi connectivity index (χ1n) is 9.29. The molecule has 29 heavy (non-hydrogen) atoms. The fraction of sp³-hybridized carbons (Fsp3) is 0.125. The van der Waals surface area contributed by atoms with Crippen molar-refractivity contribution in [3.8, 4) is 5.75 Å². The van der Waals surface area contributed by atoms with E-state index in [1.165, 1.54) is 17.0 Å². The molecule has 146 valence electrons. The Hall–Kier alpha value is -3.60. The van der Waals surface area contributed by atoms with Gasteiger partial charge in [0.15, 0.2) is 5.76 Å². The van der Waals surface area contributed by atoms with Crippen LogP contribution < -0.4 is 4.74 Å². The molecule has 4 aromatic rings. The molecule has 3 aromatic carbocycles. The van der Waals surface area contributed by atoms with Crippen molar-refractivity contribution in [2.75, 3.05) is 7.05 Å². The van der Waals surface area contributed by atoms with Gasteiger partial charge < -0.3 is 14.1 Å². The van der Waals surface area contributed by atoms with Crippen LogP contribution in [0.5, 0.6) is 5.75 Å². The number of carbonyl (C=O) groups is 1. The lowest BCUT2D eigenvalue weighted by atomic mass is 10.1. The molecular weight excluding hydrogens is 369 g/mol. The zero-order chi connectivity index (χ0) is 20.2. The maximum Gasteiger partial charge on any atom is 0.289 e. The van der Waals surface area contributed by atoms with Crippen LogP contribution >= 0.6 is 0 Å². The number of ether oxygens (including phenoxy) is 1. The summed E-state index contributed by atoms with van der Waals surface area (Å²) in [6.45, 7) is 0.593. The number of amides is 1. The van der Waals surface area contributed by atoms with E-state index in [1.54, 1.807) is 31.3 Å². The maximum atomic E-state index is 13.0. The fourth-order valence-electron chi connectivity index (χ4n) is 3.11. The summed E-state index contributed by atoms with van der Waals surface area (Å²) < 4.78 is 24.5. The standard InChI is InChI=1S/C24H20FNO3/c1-26(15-17-6-9-20(25)10-7-17)24(27)23-13-12-22(29-23)16-28-21-11-8-18-4-2-3-5-19(18)14-21/h2-14H,15-16H2,1H3. The van der Waals surface area contributed by atoms with E-state index in [9.17, 15) is 9.18 Å². The Morgan fingerprint density at radius 1 is 0.966 bits per heavy atom. The molecule has 0 atom stereocenters. The van der Waals surface area contributed by atoms with Crippen LogP contribution in [0.2, 0.25) is 0 Å². The zero-order valence-electron chi connectivity index (χ0n) is 16.0. The minimum Gasteiger partial charge on any atom is -0.486 e. The van der Waals surface area contributed by atoms with E-state index in [-0.39, 0.29) is 24.1 Å². The topological polar surface area (TPSA) is 42.7 Å². The minimum absolute atomic E-state index is 0.229. The van der Waals surface area contributed by atoms with Gasteiger partial charge in [-0.15, -0.1) is 0 Å². The van der Waals surface area contributed by atoms with Gasteiger partial charge in [0.05, 0.1) is 0 Å². The average Bonchev–Trinajstić information content (AvgIpc) is 3.22. The number of nitrogens with zero attached hydrogens (tertiary/aromatic N) is 1. The van der Waals surface area contributed by atoms with Crippen molar-refractivity contribution in [2.24, 2.45) is 0 Å². The molecule has 5 heteroatoms. The number of hydrogen-bond acceptors (Lipinski definition) is 3. The predicted octanol–water partition coefficient (Wildman–Crippen LogP) is 5.42. The smallest absolute Gasteiger partial charge is 0.289 e. The van der Waals surface area contributed by atoms with Crippen molar-refractivity contribution < 1.29 is 18.3 Å². The van der Waals surface area contributed by atoms with Gasteiger partial charge in [-0.05, 0) is 52.7 Å². The van der Waals surface area contributed by atoms with Crippen molar-refractivity contribution >= 4 is 16.7 Å². The second-order valence-corrected chi connectivity index (χ2v) is 6.85. The molecule has 0 unspecified atom stereocenters. The molecule has 1 amide bonds. The highest BCUT2D eigenvalue weighted by Gasteiger charge is 2.16. The molecule has 0 aliphatic carbocycles. The van der Waals surface area contributed by atoms with Crippen molar-refractivity contribution in [1.29, 1.82) is 0 Å². The van der Waals surface area contributed by atoms with Crippen molar-refractivity contribution in [2.45, 2.75) is 13.2 Å². The summed E-state index contributed by atoms with van der Waals surface area (Å²) in [4.78, 5) is 14.1. The van der Waals surface area contributed by atoms with E-state index in [4.69, 9.17) is 9.15 Å². The van der Waals surface area contributed by atoms with Crippen LogP contribution in [0.4, 0.5) is 4.39 Å². The third-order valence-corrected chi connectivity index (χ3v) is 4.65. The van der Waals surface area contributed by atoms with Crippen molar-refractivity contribution in [1.82, 2.24) is 4.90 Å². The van der Waals surface area contributed by atoms with Crippen LogP contribution in [0.25, 0.3) is 10.8 Å². The Labute approximate surface area is 168 Å². The van der Waals surface area contributed by atoms with Crippen LogP contribution in [0.15, 0.2) is 83.3 Å². The van der Waals surface area contributed by atoms with Gasteiger partial charge in [0.2, 0.25) is 0 Å². The summed E-state index contributed by atoms with van der Waals surface area (Å²) in [5.41, 5.74) is 0.841. The molecule has 0 saturated heterocycles. The number of carbonyl (C=O) groups excluding carboxylic acids is 1. The largest absolute Gasteiger partial charge is 0.486 e. The van der Waals surface area contributed by atoms with E-state index in [2.05, 4.69) is 0 Å². The van der Waals surface area contributed by atoms with Gasteiger partial charge in [-0.25, -0.2) is 4.39 Å². The number of rotatable bonds is 6. The van der Waals surface area contributed by atoms with Gasteiger partial charge in [0.25, 0.3) is 5.91 Å². The summed E-state index contributed by atoms with van der Waals surface area (Å²) in [6, 6.07) is 23.4. The summed E-state index contributed by atoms with van der Waals surface area (Å²) in [5.74, 6) is 1.00.